The maximum absolute atomic E-state index is 13.3. The van der Waals surface area contributed by atoms with E-state index in [1.807, 2.05) is 0 Å². The molecule has 8 heteroatoms. The standard InChI is InChI=1S/C18H17F2N3O3/c1-21-18(25)16-9-23(14-4-2-3-5-15(14)26-16)10-17(24)22-11-6-7-12(19)13(20)8-11/h2-8,16H,9-10H2,1H3,(H,21,25)(H,22,24)/t16-/m0/s1. The molecule has 2 N–H and O–H groups in total. The van der Waals surface area contributed by atoms with Gasteiger partial charge in [-0.05, 0) is 24.3 Å². The number of benzene rings is 2. The topological polar surface area (TPSA) is 70.7 Å². The van der Waals surface area contributed by atoms with Crippen molar-refractivity contribution < 1.29 is 23.1 Å². The van der Waals surface area contributed by atoms with Gasteiger partial charge in [-0.3, -0.25) is 9.59 Å². The van der Waals surface area contributed by atoms with Crippen LogP contribution in [0.1, 0.15) is 0 Å². The molecule has 2 aromatic carbocycles. The molecule has 1 heterocycles. The fraction of sp³-hybridized carbons (Fsp3) is 0.222. The number of nitrogens with one attached hydrogen (secondary N) is 2. The van der Waals surface area contributed by atoms with Gasteiger partial charge in [-0.25, -0.2) is 8.78 Å². The van der Waals surface area contributed by atoms with Crippen LogP contribution in [-0.4, -0.2) is 38.1 Å². The van der Waals surface area contributed by atoms with Crippen LogP contribution in [0.5, 0.6) is 5.75 Å². The molecule has 2 amide bonds. The van der Waals surface area contributed by atoms with Crippen LogP contribution < -0.4 is 20.3 Å². The quantitative estimate of drug-likeness (QED) is 0.873. The lowest BCUT2D eigenvalue weighted by Crippen LogP contribution is -2.50. The number of halogens is 2. The Balaban J connectivity index is 1.75. The van der Waals surface area contributed by atoms with Gasteiger partial charge in [0.1, 0.15) is 5.75 Å². The summed E-state index contributed by atoms with van der Waals surface area (Å²) < 4.78 is 31.9. The van der Waals surface area contributed by atoms with E-state index in [-0.39, 0.29) is 24.7 Å². The van der Waals surface area contributed by atoms with E-state index < -0.39 is 23.6 Å². The minimum Gasteiger partial charge on any atom is -0.477 e. The van der Waals surface area contributed by atoms with Crippen molar-refractivity contribution in [2.45, 2.75) is 6.10 Å². The molecule has 136 valence electrons. The Kier molecular flexibility index (Phi) is 5.01. The molecular weight excluding hydrogens is 344 g/mol. The maximum Gasteiger partial charge on any atom is 0.262 e. The first kappa shape index (κ1) is 17.7. The highest BCUT2D eigenvalue weighted by Crippen LogP contribution is 2.33. The van der Waals surface area contributed by atoms with Gasteiger partial charge >= 0.3 is 0 Å². The maximum atomic E-state index is 13.3. The van der Waals surface area contributed by atoms with Gasteiger partial charge in [0.2, 0.25) is 5.91 Å². The Morgan fingerprint density at radius 2 is 1.96 bits per heavy atom. The summed E-state index contributed by atoms with van der Waals surface area (Å²) in [6.45, 7) is 0.106. The first-order valence-corrected chi connectivity index (χ1v) is 7.95. The Morgan fingerprint density at radius 1 is 1.19 bits per heavy atom. The van der Waals surface area contributed by atoms with Crippen molar-refractivity contribution in [3.05, 3.63) is 54.1 Å². The van der Waals surface area contributed by atoms with Crippen LogP contribution in [0.4, 0.5) is 20.2 Å². The Hall–Kier alpha value is -3.16. The SMILES string of the molecule is CNC(=O)[C@@H]1CN(CC(=O)Nc2ccc(F)c(F)c2)c2ccccc2O1. The zero-order valence-corrected chi connectivity index (χ0v) is 14.0. The Labute approximate surface area is 148 Å². The molecule has 26 heavy (non-hydrogen) atoms. The number of para-hydroxylation sites is 2. The van der Waals surface area contributed by atoms with E-state index in [4.69, 9.17) is 4.74 Å². The third-order valence-corrected chi connectivity index (χ3v) is 3.94. The molecule has 0 spiro atoms. The predicted molar refractivity (Wildman–Crippen MR) is 92.1 cm³/mol. The zero-order valence-electron chi connectivity index (χ0n) is 14.0. The van der Waals surface area contributed by atoms with E-state index in [2.05, 4.69) is 10.6 Å². The van der Waals surface area contributed by atoms with E-state index >= 15 is 0 Å². The van der Waals surface area contributed by atoms with E-state index in [1.165, 1.54) is 13.1 Å². The second-order valence-electron chi connectivity index (χ2n) is 5.75. The molecule has 0 saturated carbocycles. The smallest absolute Gasteiger partial charge is 0.262 e. The molecule has 0 aliphatic carbocycles. The van der Waals surface area contributed by atoms with E-state index in [1.54, 1.807) is 29.2 Å². The lowest BCUT2D eigenvalue weighted by atomic mass is 10.1. The third-order valence-electron chi connectivity index (χ3n) is 3.94. The molecule has 0 unspecified atom stereocenters. The summed E-state index contributed by atoms with van der Waals surface area (Å²) in [5.41, 5.74) is 0.825. The molecule has 0 saturated heterocycles. The van der Waals surface area contributed by atoms with Crippen molar-refractivity contribution in [2.24, 2.45) is 0 Å². The lowest BCUT2D eigenvalue weighted by Gasteiger charge is -2.34. The number of ether oxygens (including phenoxy) is 1. The largest absolute Gasteiger partial charge is 0.477 e. The van der Waals surface area contributed by atoms with Gasteiger partial charge in [-0.15, -0.1) is 0 Å². The first-order valence-electron chi connectivity index (χ1n) is 7.95. The van der Waals surface area contributed by atoms with Crippen molar-refractivity contribution in [1.82, 2.24) is 5.32 Å². The molecule has 2 aromatic rings. The van der Waals surface area contributed by atoms with Crippen molar-refractivity contribution >= 4 is 23.2 Å². The zero-order chi connectivity index (χ0) is 18.7. The first-order chi connectivity index (χ1) is 12.5. The molecule has 0 fully saturated rings. The summed E-state index contributed by atoms with van der Waals surface area (Å²) in [5, 5.41) is 5.04. The van der Waals surface area contributed by atoms with E-state index in [0.717, 1.165) is 12.1 Å². The summed E-state index contributed by atoms with van der Waals surface area (Å²) >= 11 is 0. The van der Waals surface area contributed by atoms with Gasteiger partial charge in [0.15, 0.2) is 17.7 Å². The summed E-state index contributed by atoms with van der Waals surface area (Å²) in [5.74, 6) is -2.26. The minimum atomic E-state index is -1.04. The minimum absolute atomic E-state index is 0.0765. The molecule has 0 aromatic heterocycles. The molecule has 0 radical (unpaired) electrons. The van der Waals surface area contributed by atoms with Crippen LogP contribution in [0.2, 0.25) is 0 Å². The number of hydrogen-bond acceptors (Lipinski definition) is 4. The normalized spacial score (nSPS) is 15.7. The number of carbonyl (C=O) groups is 2. The number of anilines is 2. The predicted octanol–water partition coefficient (Wildman–Crippen LogP) is 1.92. The van der Waals surface area contributed by atoms with Crippen LogP contribution in [0.15, 0.2) is 42.5 Å². The number of carbonyl (C=O) groups excluding carboxylic acids is 2. The van der Waals surface area contributed by atoms with Crippen molar-refractivity contribution in [3.8, 4) is 5.75 Å². The van der Waals surface area contributed by atoms with Gasteiger partial charge in [0, 0.05) is 18.8 Å². The Bertz CT molecular complexity index is 844. The van der Waals surface area contributed by atoms with Crippen LogP contribution in [0.3, 0.4) is 0 Å². The van der Waals surface area contributed by atoms with E-state index in [0.29, 0.717) is 11.4 Å². The number of amides is 2. The second-order valence-corrected chi connectivity index (χ2v) is 5.75. The van der Waals surface area contributed by atoms with Crippen molar-refractivity contribution in [2.75, 3.05) is 30.4 Å². The van der Waals surface area contributed by atoms with Crippen LogP contribution in [-0.2, 0) is 9.59 Å². The third kappa shape index (κ3) is 3.74. The molecule has 0 bridgehead atoms. The van der Waals surface area contributed by atoms with Gasteiger partial charge in [-0.2, -0.15) is 0 Å². The average molecular weight is 361 g/mol. The highest BCUT2D eigenvalue weighted by Gasteiger charge is 2.31. The summed E-state index contributed by atoms with van der Waals surface area (Å²) in [7, 11) is 1.51. The van der Waals surface area contributed by atoms with Gasteiger partial charge in [0.25, 0.3) is 5.91 Å². The fourth-order valence-electron chi connectivity index (χ4n) is 2.70. The number of likely N-dealkylation sites (N-methyl/N-ethyl adjacent to an activating group) is 1. The lowest BCUT2D eigenvalue weighted by molar-refractivity contribution is -0.127. The molecule has 3 rings (SSSR count). The summed E-state index contributed by atoms with van der Waals surface area (Å²) in [6.07, 6.45) is -0.758. The van der Waals surface area contributed by atoms with Crippen molar-refractivity contribution in [1.29, 1.82) is 0 Å². The number of hydrogen-bond donors (Lipinski definition) is 2. The van der Waals surface area contributed by atoms with E-state index in [9.17, 15) is 18.4 Å². The molecular formula is C18H17F2N3O3. The Morgan fingerprint density at radius 3 is 2.69 bits per heavy atom. The molecule has 1 aliphatic rings. The number of rotatable bonds is 4. The highest BCUT2D eigenvalue weighted by molar-refractivity contribution is 5.95. The monoisotopic (exact) mass is 361 g/mol. The van der Waals surface area contributed by atoms with Crippen molar-refractivity contribution in [3.63, 3.8) is 0 Å². The van der Waals surface area contributed by atoms with Gasteiger partial charge in [-0.1, -0.05) is 12.1 Å². The highest BCUT2D eigenvalue weighted by atomic mass is 19.2. The van der Waals surface area contributed by atoms with Gasteiger partial charge < -0.3 is 20.3 Å². The average Bonchev–Trinajstić information content (AvgIpc) is 2.64. The van der Waals surface area contributed by atoms with Crippen LogP contribution in [0, 0.1) is 11.6 Å². The molecule has 6 nitrogen and oxygen atoms in total. The summed E-state index contributed by atoms with van der Waals surface area (Å²) in [6, 6.07) is 10.2. The molecule has 1 aliphatic heterocycles. The van der Waals surface area contributed by atoms with Crippen LogP contribution >= 0.6 is 0 Å². The molecule has 1 atom stereocenters. The van der Waals surface area contributed by atoms with Crippen LogP contribution in [0.25, 0.3) is 0 Å². The number of nitrogens with zero attached hydrogens (tertiary/aromatic N) is 1. The van der Waals surface area contributed by atoms with Gasteiger partial charge in [0.05, 0.1) is 18.8 Å². The summed E-state index contributed by atoms with van der Waals surface area (Å²) in [4.78, 5) is 26.0. The number of fused-ring (bicyclic) bond motifs is 1. The second kappa shape index (κ2) is 7.38. The fourth-order valence-corrected chi connectivity index (χ4v) is 2.70.